The van der Waals surface area contributed by atoms with Gasteiger partial charge in [-0.2, -0.15) is 0 Å². The van der Waals surface area contributed by atoms with E-state index in [4.69, 9.17) is 0 Å². The number of rotatable bonds is 6. The Balaban J connectivity index is 2.94. The first-order chi connectivity index (χ1) is 8.00. The SMILES string of the molecule is CCCC(C)NC(C)(C(=O)O)c1ccccn1. The summed E-state index contributed by atoms with van der Waals surface area (Å²) in [6.45, 7) is 5.73. The fraction of sp³-hybridized carbons (Fsp3) is 0.538. The van der Waals surface area contributed by atoms with E-state index in [0.717, 1.165) is 12.8 Å². The van der Waals surface area contributed by atoms with Gasteiger partial charge in [0, 0.05) is 12.2 Å². The molecule has 1 rings (SSSR count). The second-order valence-corrected chi connectivity index (χ2v) is 4.48. The third-order valence-corrected chi connectivity index (χ3v) is 2.86. The van der Waals surface area contributed by atoms with Gasteiger partial charge in [-0.05, 0) is 32.4 Å². The van der Waals surface area contributed by atoms with Gasteiger partial charge in [-0.25, -0.2) is 4.79 Å². The number of aliphatic carboxylic acids is 1. The number of carboxylic acids is 1. The maximum atomic E-state index is 11.5. The summed E-state index contributed by atoms with van der Waals surface area (Å²) in [6.07, 6.45) is 3.57. The van der Waals surface area contributed by atoms with Crippen LogP contribution in [0.4, 0.5) is 0 Å². The van der Waals surface area contributed by atoms with E-state index in [1.54, 1.807) is 31.3 Å². The zero-order valence-corrected chi connectivity index (χ0v) is 10.6. The van der Waals surface area contributed by atoms with Crippen molar-refractivity contribution in [3.05, 3.63) is 30.1 Å². The van der Waals surface area contributed by atoms with Gasteiger partial charge in [0.2, 0.25) is 0 Å². The summed E-state index contributed by atoms with van der Waals surface area (Å²) in [5, 5.41) is 12.5. The number of nitrogens with one attached hydrogen (secondary N) is 1. The van der Waals surface area contributed by atoms with Crippen LogP contribution in [0.3, 0.4) is 0 Å². The lowest BCUT2D eigenvalue weighted by Gasteiger charge is -2.29. The molecule has 4 nitrogen and oxygen atoms in total. The second kappa shape index (κ2) is 5.77. The van der Waals surface area contributed by atoms with Gasteiger partial charge < -0.3 is 5.11 Å². The molecule has 1 heterocycles. The fourth-order valence-corrected chi connectivity index (χ4v) is 1.90. The summed E-state index contributed by atoms with van der Waals surface area (Å²) in [7, 11) is 0. The number of nitrogens with zero attached hydrogens (tertiary/aromatic N) is 1. The topological polar surface area (TPSA) is 62.2 Å². The van der Waals surface area contributed by atoms with E-state index in [0.29, 0.717) is 5.69 Å². The van der Waals surface area contributed by atoms with Crippen molar-refractivity contribution in [3.63, 3.8) is 0 Å². The van der Waals surface area contributed by atoms with Crippen molar-refractivity contribution in [3.8, 4) is 0 Å². The summed E-state index contributed by atoms with van der Waals surface area (Å²) in [5.74, 6) is -0.904. The minimum Gasteiger partial charge on any atom is -0.480 e. The Morgan fingerprint density at radius 3 is 2.76 bits per heavy atom. The molecule has 0 saturated heterocycles. The Morgan fingerprint density at radius 2 is 2.29 bits per heavy atom. The Bertz CT molecular complexity index is 367. The summed E-state index contributed by atoms with van der Waals surface area (Å²) < 4.78 is 0. The van der Waals surface area contributed by atoms with Crippen molar-refractivity contribution < 1.29 is 9.90 Å². The smallest absolute Gasteiger partial charge is 0.329 e. The van der Waals surface area contributed by atoms with Crippen LogP contribution >= 0.6 is 0 Å². The lowest BCUT2D eigenvalue weighted by atomic mass is 9.95. The van der Waals surface area contributed by atoms with Crippen molar-refractivity contribution in [1.29, 1.82) is 0 Å². The van der Waals surface area contributed by atoms with Gasteiger partial charge in [0.15, 0.2) is 5.54 Å². The molecule has 0 aromatic carbocycles. The van der Waals surface area contributed by atoms with Crippen molar-refractivity contribution in [2.24, 2.45) is 0 Å². The lowest BCUT2D eigenvalue weighted by Crippen LogP contribution is -2.51. The normalized spacial score (nSPS) is 16.2. The van der Waals surface area contributed by atoms with Gasteiger partial charge in [0.05, 0.1) is 5.69 Å². The van der Waals surface area contributed by atoms with E-state index in [-0.39, 0.29) is 6.04 Å². The minimum atomic E-state index is -1.13. The van der Waals surface area contributed by atoms with Crippen LogP contribution in [-0.4, -0.2) is 22.1 Å². The van der Waals surface area contributed by atoms with Crippen molar-refractivity contribution >= 4 is 5.97 Å². The van der Waals surface area contributed by atoms with Crippen molar-refractivity contribution in [1.82, 2.24) is 10.3 Å². The molecule has 1 aromatic rings. The molecule has 0 saturated carbocycles. The summed E-state index contributed by atoms with van der Waals surface area (Å²) >= 11 is 0. The zero-order valence-electron chi connectivity index (χ0n) is 10.6. The number of hydrogen-bond donors (Lipinski definition) is 2. The highest BCUT2D eigenvalue weighted by molar-refractivity contribution is 5.79. The van der Waals surface area contributed by atoms with Crippen LogP contribution in [0.1, 0.15) is 39.3 Å². The van der Waals surface area contributed by atoms with E-state index in [1.165, 1.54) is 0 Å². The van der Waals surface area contributed by atoms with E-state index >= 15 is 0 Å². The molecule has 2 N–H and O–H groups in total. The predicted molar refractivity (Wildman–Crippen MR) is 66.7 cm³/mol. The summed E-state index contributed by atoms with van der Waals surface area (Å²) in [4.78, 5) is 15.6. The van der Waals surface area contributed by atoms with E-state index in [2.05, 4.69) is 17.2 Å². The Labute approximate surface area is 102 Å². The largest absolute Gasteiger partial charge is 0.480 e. The molecule has 0 fully saturated rings. The van der Waals surface area contributed by atoms with Crippen LogP contribution in [0.2, 0.25) is 0 Å². The van der Waals surface area contributed by atoms with Gasteiger partial charge in [-0.1, -0.05) is 19.4 Å². The molecule has 0 spiro atoms. The van der Waals surface area contributed by atoms with Crippen LogP contribution in [0.15, 0.2) is 24.4 Å². The van der Waals surface area contributed by atoms with Crippen molar-refractivity contribution in [2.75, 3.05) is 0 Å². The van der Waals surface area contributed by atoms with E-state index in [9.17, 15) is 9.90 Å². The standard InChI is InChI=1S/C13H20N2O2/c1-4-7-10(2)15-13(3,12(16)17)11-8-5-6-9-14-11/h5-6,8-10,15H,4,7H2,1-3H3,(H,16,17). The van der Waals surface area contributed by atoms with Gasteiger partial charge in [0.25, 0.3) is 0 Å². The molecule has 17 heavy (non-hydrogen) atoms. The van der Waals surface area contributed by atoms with Gasteiger partial charge in [0.1, 0.15) is 0 Å². The molecule has 0 amide bonds. The van der Waals surface area contributed by atoms with E-state index in [1.807, 2.05) is 6.92 Å². The Kier molecular flexibility index (Phi) is 4.63. The van der Waals surface area contributed by atoms with Crippen LogP contribution in [0.5, 0.6) is 0 Å². The number of pyridine rings is 1. The molecule has 0 bridgehead atoms. The molecule has 2 unspecified atom stereocenters. The number of carbonyl (C=O) groups is 1. The lowest BCUT2D eigenvalue weighted by molar-refractivity contribution is -0.145. The van der Waals surface area contributed by atoms with Gasteiger partial charge in [-0.3, -0.25) is 10.3 Å². The first kappa shape index (κ1) is 13.6. The average molecular weight is 236 g/mol. The first-order valence-corrected chi connectivity index (χ1v) is 5.93. The quantitative estimate of drug-likeness (QED) is 0.794. The van der Waals surface area contributed by atoms with Crippen LogP contribution in [0, 0.1) is 0 Å². The zero-order chi connectivity index (χ0) is 12.9. The number of aromatic nitrogens is 1. The summed E-state index contributed by atoms with van der Waals surface area (Å²) in [6, 6.07) is 5.46. The Hall–Kier alpha value is -1.42. The van der Waals surface area contributed by atoms with Crippen LogP contribution in [0.25, 0.3) is 0 Å². The highest BCUT2D eigenvalue weighted by atomic mass is 16.4. The van der Waals surface area contributed by atoms with Crippen molar-refractivity contribution in [2.45, 2.75) is 45.2 Å². The molecule has 94 valence electrons. The van der Waals surface area contributed by atoms with Crippen LogP contribution < -0.4 is 5.32 Å². The molecule has 1 aromatic heterocycles. The molecule has 0 aliphatic heterocycles. The molecule has 0 aliphatic carbocycles. The van der Waals surface area contributed by atoms with E-state index < -0.39 is 11.5 Å². The number of carboxylic acid groups (broad SMARTS) is 1. The van der Waals surface area contributed by atoms with Gasteiger partial charge >= 0.3 is 5.97 Å². The number of hydrogen-bond acceptors (Lipinski definition) is 3. The average Bonchev–Trinajstić information content (AvgIpc) is 2.30. The van der Waals surface area contributed by atoms with Crippen LogP contribution in [-0.2, 0) is 10.3 Å². The molecular weight excluding hydrogens is 216 g/mol. The highest BCUT2D eigenvalue weighted by Crippen LogP contribution is 2.20. The van der Waals surface area contributed by atoms with Gasteiger partial charge in [-0.15, -0.1) is 0 Å². The molecule has 0 aliphatic rings. The molecule has 0 radical (unpaired) electrons. The maximum Gasteiger partial charge on any atom is 0.329 e. The molecular formula is C13H20N2O2. The highest BCUT2D eigenvalue weighted by Gasteiger charge is 2.37. The minimum absolute atomic E-state index is 0.142. The fourth-order valence-electron chi connectivity index (χ4n) is 1.90. The summed E-state index contributed by atoms with van der Waals surface area (Å²) in [5.41, 5.74) is -0.592. The Morgan fingerprint density at radius 1 is 1.59 bits per heavy atom. The second-order valence-electron chi connectivity index (χ2n) is 4.48. The molecule has 4 heteroatoms. The third kappa shape index (κ3) is 3.27. The molecule has 2 atom stereocenters. The maximum absolute atomic E-state index is 11.5. The monoisotopic (exact) mass is 236 g/mol. The first-order valence-electron chi connectivity index (χ1n) is 5.93. The third-order valence-electron chi connectivity index (χ3n) is 2.86. The predicted octanol–water partition coefficient (Wildman–Crippen LogP) is 2.16.